The largest absolute Gasteiger partial charge is 0.382 e. The minimum absolute atomic E-state index is 0. The number of benzene rings is 1. The van der Waals surface area contributed by atoms with Gasteiger partial charge < -0.3 is 11.5 Å². The second-order valence-electron chi connectivity index (χ2n) is 3.96. The van der Waals surface area contributed by atoms with Crippen LogP contribution >= 0.6 is 15.9 Å². The van der Waals surface area contributed by atoms with Crippen LogP contribution in [0.3, 0.4) is 0 Å². The summed E-state index contributed by atoms with van der Waals surface area (Å²) in [6.07, 6.45) is 6.28. The smallest absolute Gasteiger partial charge is 0.142 e. The summed E-state index contributed by atoms with van der Waals surface area (Å²) in [6.45, 7) is 0. The molecule has 0 aliphatic heterocycles. The number of aromatic nitrogens is 4. The molecule has 0 saturated heterocycles. The van der Waals surface area contributed by atoms with E-state index in [0.29, 0.717) is 16.2 Å². The van der Waals surface area contributed by atoms with Crippen molar-refractivity contribution in [1.82, 2.24) is 19.9 Å². The van der Waals surface area contributed by atoms with E-state index < -0.39 is 0 Å². The minimum Gasteiger partial charge on any atom is -0.382 e. The van der Waals surface area contributed by atoms with Gasteiger partial charge >= 0.3 is 0 Å². The molecule has 0 radical (unpaired) electrons. The maximum atomic E-state index is 5.52. The molecule has 4 N–H and O–H groups in total. The topological polar surface area (TPSA) is 104 Å². The molecule has 2 aromatic heterocycles. The summed E-state index contributed by atoms with van der Waals surface area (Å²) in [5.41, 5.74) is 12.6. The van der Waals surface area contributed by atoms with Gasteiger partial charge in [-0.2, -0.15) is 0 Å². The van der Waals surface area contributed by atoms with Gasteiger partial charge in [-0.25, -0.2) is 15.0 Å². The predicted molar refractivity (Wildman–Crippen MR) is 92.8 cm³/mol. The first-order valence-electron chi connectivity index (χ1n) is 6.01. The summed E-state index contributed by atoms with van der Waals surface area (Å²) in [6, 6.07) is 9.83. The Hall–Kier alpha value is -2.54. The standard InChI is InChI=1S/C10H9N3.C4H4BrN3.CH4/c11-10-7-12-6-9(13-10)8-4-2-1-3-5-8;5-3-1-8-4(6)2-7-3;/h1-7H,(H2,11,13);1-2H,(H2,6,8);1H4. The van der Waals surface area contributed by atoms with E-state index in [0.717, 1.165) is 11.3 Å². The molecule has 0 aliphatic rings. The van der Waals surface area contributed by atoms with Crippen molar-refractivity contribution >= 4 is 27.6 Å². The Morgan fingerprint density at radius 1 is 0.818 bits per heavy atom. The second-order valence-corrected chi connectivity index (χ2v) is 4.77. The van der Waals surface area contributed by atoms with E-state index in [1.54, 1.807) is 12.4 Å². The summed E-state index contributed by atoms with van der Waals surface area (Å²) in [5, 5.41) is 0. The third kappa shape index (κ3) is 5.45. The molecule has 0 spiro atoms. The van der Waals surface area contributed by atoms with Gasteiger partial charge in [0.1, 0.15) is 16.2 Å². The van der Waals surface area contributed by atoms with Gasteiger partial charge in [0.15, 0.2) is 0 Å². The Bertz CT molecular complexity index is 667. The maximum Gasteiger partial charge on any atom is 0.142 e. The lowest BCUT2D eigenvalue weighted by atomic mass is 10.2. The highest BCUT2D eigenvalue weighted by Gasteiger charge is 1.97. The van der Waals surface area contributed by atoms with Gasteiger partial charge in [0.2, 0.25) is 0 Å². The third-order valence-electron chi connectivity index (χ3n) is 2.36. The van der Waals surface area contributed by atoms with Crippen LogP contribution in [0.1, 0.15) is 7.43 Å². The molecule has 1 aromatic carbocycles. The molecule has 0 amide bonds. The first-order valence-corrected chi connectivity index (χ1v) is 6.80. The number of anilines is 2. The van der Waals surface area contributed by atoms with E-state index in [9.17, 15) is 0 Å². The van der Waals surface area contributed by atoms with Crippen molar-refractivity contribution in [2.75, 3.05) is 11.5 Å². The molecule has 0 atom stereocenters. The minimum atomic E-state index is 0. The fourth-order valence-electron chi connectivity index (χ4n) is 1.45. The summed E-state index contributed by atoms with van der Waals surface area (Å²) < 4.78 is 0.701. The molecule has 0 saturated carbocycles. The van der Waals surface area contributed by atoms with Gasteiger partial charge in [-0.1, -0.05) is 37.8 Å². The third-order valence-corrected chi connectivity index (χ3v) is 2.77. The van der Waals surface area contributed by atoms with Crippen molar-refractivity contribution in [3.63, 3.8) is 0 Å². The number of halogens is 1. The van der Waals surface area contributed by atoms with Crippen LogP contribution in [0.2, 0.25) is 0 Å². The van der Waals surface area contributed by atoms with Crippen LogP contribution in [0, 0.1) is 0 Å². The molecule has 114 valence electrons. The summed E-state index contributed by atoms with van der Waals surface area (Å²) in [5.74, 6) is 0.884. The zero-order chi connectivity index (χ0) is 15.1. The van der Waals surface area contributed by atoms with Gasteiger partial charge in [0, 0.05) is 5.56 Å². The zero-order valence-corrected chi connectivity index (χ0v) is 12.6. The fraction of sp³-hybridized carbons (Fsp3) is 0.0667. The number of hydrogen-bond donors (Lipinski definition) is 2. The van der Waals surface area contributed by atoms with Crippen molar-refractivity contribution in [3.8, 4) is 11.3 Å². The van der Waals surface area contributed by atoms with Crippen molar-refractivity contribution in [3.05, 3.63) is 59.7 Å². The maximum absolute atomic E-state index is 5.52. The highest BCUT2D eigenvalue weighted by molar-refractivity contribution is 9.10. The lowest BCUT2D eigenvalue weighted by molar-refractivity contribution is 1.17. The Kier molecular flexibility index (Phi) is 6.91. The Morgan fingerprint density at radius 3 is 2.09 bits per heavy atom. The summed E-state index contributed by atoms with van der Waals surface area (Å²) >= 11 is 3.12. The fourth-order valence-corrected chi connectivity index (χ4v) is 1.66. The molecule has 0 bridgehead atoms. The number of rotatable bonds is 1. The first-order chi connectivity index (χ1) is 10.1. The second kappa shape index (κ2) is 8.68. The molecule has 2 heterocycles. The molecule has 7 heteroatoms. The molecule has 0 unspecified atom stereocenters. The zero-order valence-electron chi connectivity index (χ0n) is 11.0. The molecule has 3 aromatic rings. The average molecular weight is 361 g/mol. The average Bonchev–Trinajstić information content (AvgIpc) is 2.52. The Labute approximate surface area is 137 Å². The van der Waals surface area contributed by atoms with Crippen LogP contribution in [0.5, 0.6) is 0 Å². The first kappa shape index (κ1) is 17.5. The quantitative estimate of drug-likeness (QED) is 0.690. The lowest BCUT2D eigenvalue weighted by Crippen LogP contribution is -1.93. The molecule has 0 aliphatic carbocycles. The number of nitrogens with two attached hydrogens (primary N) is 2. The van der Waals surface area contributed by atoms with Crippen LogP contribution in [-0.4, -0.2) is 19.9 Å². The van der Waals surface area contributed by atoms with Crippen LogP contribution in [-0.2, 0) is 0 Å². The van der Waals surface area contributed by atoms with E-state index in [4.69, 9.17) is 11.5 Å². The van der Waals surface area contributed by atoms with Gasteiger partial charge in [0.25, 0.3) is 0 Å². The monoisotopic (exact) mass is 360 g/mol. The Balaban J connectivity index is 0.000000234. The Morgan fingerprint density at radius 2 is 1.55 bits per heavy atom. The summed E-state index contributed by atoms with van der Waals surface area (Å²) in [7, 11) is 0. The van der Waals surface area contributed by atoms with E-state index in [2.05, 4.69) is 35.9 Å². The SMILES string of the molecule is C.Nc1cnc(Br)cn1.Nc1cncc(-c2ccccc2)n1. The number of nitrogens with zero attached hydrogens (tertiary/aromatic N) is 4. The number of nitrogen functional groups attached to an aromatic ring is 2. The summed E-state index contributed by atoms with van der Waals surface area (Å²) in [4.78, 5) is 15.7. The molecule has 3 rings (SSSR count). The molecular weight excluding hydrogens is 344 g/mol. The van der Waals surface area contributed by atoms with Gasteiger partial charge in [-0.05, 0) is 15.9 Å². The lowest BCUT2D eigenvalue weighted by Gasteiger charge is -1.99. The molecule has 6 nitrogen and oxygen atoms in total. The van der Waals surface area contributed by atoms with E-state index in [-0.39, 0.29) is 7.43 Å². The van der Waals surface area contributed by atoms with Gasteiger partial charge in [-0.3, -0.25) is 4.98 Å². The van der Waals surface area contributed by atoms with Crippen molar-refractivity contribution in [2.24, 2.45) is 0 Å². The predicted octanol–water partition coefficient (Wildman–Crippen LogP) is 3.18. The molecule has 22 heavy (non-hydrogen) atoms. The normalized spacial score (nSPS) is 9.14. The van der Waals surface area contributed by atoms with Crippen molar-refractivity contribution < 1.29 is 0 Å². The van der Waals surface area contributed by atoms with E-state index in [1.165, 1.54) is 12.4 Å². The van der Waals surface area contributed by atoms with Gasteiger partial charge in [0.05, 0.1) is 30.5 Å². The van der Waals surface area contributed by atoms with Gasteiger partial charge in [-0.15, -0.1) is 0 Å². The van der Waals surface area contributed by atoms with Crippen LogP contribution in [0.15, 0.2) is 59.7 Å². The number of hydrogen-bond acceptors (Lipinski definition) is 6. The highest BCUT2D eigenvalue weighted by Crippen LogP contribution is 2.15. The van der Waals surface area contributed by atoms with Crippen molar-refractivity contribution in [1.29, 1.82) is 0 Å². The molecule has 0 fully saturated rings. The van der Waals surface area contributed by atoms with Crippen LogP contribution in [0.4, 0.5) is 11.6 Å². The van der Waals surface area contributed by atoms with Crippen LogP contribution < -0.4 is 11.5 Å². The van der Waals surface area contributed by atoms with Crippen molar-refractivity contribution in [2.45, 2.75) is 7.43 Å². The highest BCUT2D eigenvalue weighted by atomic mass is 79.9. The van der Waals surface area contributed by atoms with E-state index in [1.807, 2.05) is 30.3 Å². The van der Waals surface area contributed by atoms with Crippen LogP contribution in [0.25, 0.3) is 11.3 Å². The van der Waals surface area contributed by atoms with E-state index >= 15 is 0 Å². The molecular formula is C15H17BrN6.